The fraction of sp³-hybridized carbons (Fsp3) is 0.970. The zero-order valence-electron chi connectivity index (χ0n) is 25.7. The maximum absolute atomic E-state index is 13.1. The van der Waals surface area contributed by atoms with E-state index in [1.165, 1.54) is 122 Å². The third-order valence-electron chi connectivity index (χ3n) is 8.34. The van der Waals surface area contributed by atoms with Gasteiger partial charge in [-0.2, -0.15) is 0 Å². The number of Topliss-reactive ketones (excluding diaryl/α,β-unsaturated/α-hetero) is 1. The van der Waals surface area contributed by atoms with Crippen molar-refractivity contribution < 1.29 is 14.0 Å². The monoisotopic (exact) mass is 511 g/mol. The zero-order chi connectivity index (χ0) is 26.7. The summed E-state index contributed by atoms with van der Waals surface area (Å²) in [6.07, 6.45) is 28.4. The number of carbonyl (C=O) groups is 1. The van der Waals surface area contributed by atoms with Crippen molar-refractivity contribution in [2.24, 2.45) is 0 Å². The van der Waals surface area contributed by atoms with E-state index in [4.69, 9.17) is 4.74 Å². The second kappa shape index (κ2) is 26.2. The van der Waals surface area contributed by atoms with E-state index in [2.05, 4.69) is 34.7 Å². The van der Waals surface area contributed by atoms with Crippen LogP contribution in [0.2, 0.25) is 0 Å². The molecule has 0 bridgehead atoms. The number of hydrogen-bond donors (Lipinski definition) is 0. The maximum Gasteiger partial charge on any atom is 0.167 e. The molecule has 36 heavy (non-hydrogen) atoms. The average molecular weight is 511 g/mol. The number of quaternary nitrogens is 1. The molecule has 0 radical (unpaired) electrons. The van der Waals surface area contributed by atoms with Gasteiger partial charge in [0.05, 0.1) is 20.1 Å². The number of ketones is 1. The van der Waals surface area contributed by atoms with Crippen LogP contribution in [0.5, 0.6) is 0 Å². The number of rotatable bonds is 29. The largest absolute Gasteiger partial charge is 0.364 e. The topological polar surface area (TPSA) is 26.3 Å². The third-order valence-corrected chi connectivity index (χ3v) is 8.34. The molecular formula is C33H68NO2+. The molecule has 0 aliphatic carbocycles. The van der Waals surface area contributed by atoms with Crippen molar-refractivity contribution in [1.29, 1.82) is 0 Å². The summed E-state index contributed by atoms with van der Waals surface area (Å²) in [5.41, 5.74) is 0. The van der Waals surface area contributed by atoms with Gasteiger partial charge in [-0.25, -0.2) is 0 Å². The molecule has 0 rings (SSSR count). The molecule has 1 unspecified atom stereocenters. The highest BCUT2D eigenvalue weighted by Gasteiger charge is 2.28. The minimum atomic E-state index is -0.211. The van der Waals surface area contributed by atoms with Gasteiger partial charge >= 0.3 is 0 Å². The van der Waals surface area contributed by atoms with Gasteiger partial charge in [-0.05, 0) is 26.7 Å². The summed E-state index contributed by atoms with van der Waals surface area (Å²) >= 11 is 0. The molecule has 0 aromatic carbocycles. The number of nitrogens with zero attached hydrogens (tertiary/aromatic N) is 1. The normalized spacial score (nSPS) is 12.8. The predicted molar refractivity (Wildman–Crippen MR) is 160 cm³/mol. The third kappa shape index (κ3) is 21.7. The van der Waals surface area contributed by atoms with Crippen LogP contribution in [0.15, 0.2) is 0 Å². The second-order valence-corrected chi connectivity index (χ2v) is 11.7. The molecule has 0 heterocycles. The number of unbranched alkanes of at least 4 members (excludes halogenated alkanes) is 19. The number of ether oxygens (including phenoxy) is 1. The molecule has 1 atom stereocenters. The van der Waals surface area contributed by atoms with Crippen LogP contribution < -0.4 is 0 Å². The summed E-state index contributed by atoms with van der Waals surface area (Å²) < 4.78 is 7.19. The molecule has 0 aromatic heterocycles. The fourth-order valence-corrected chi connectivity index (χ4v) is 5.07. The molecule has 0 fully saturated rings. The lowest BCUT2D eigenvalue weighted by Crippen LogP contribution is -2.51. The first kappa shape index (κ1) is 35.6. The van der Waals surface area contributed by atoms with E-state index >= 15 is 0 Å². The summed E-state index contributed by atoms with van der Waals surface area (Å²) in [5.74, 6) is 0.350. The molecule has 0 saturated carbocycles. The van der Waals surface area contributed by atoms with Crippen molar-refractivity contribution in [3.05, 3.63) is 0 Å². The van der Waals surface area contributed by atoms with E-state index in [9.17, 15) is 4.79 Å². The lowest BCUT2D eigenvalue weighted by atomic mass is 10.0. The molecule has 0 amide bonds. The van der Waals surface area contributed by atoms with E-state index in [0.29, 0.717) is 12.2 Å². The van der Waals surface area contributed by atoms with E-state index < -0.39 is 0 Å². The maximum atomic E-state index is 13.1. The Balaban J connectivity index is 4.07. The Morgan fingerprint density at radius 1 is 0.556 bits per heavy atom. The first-order valence-corrected chi connectivity index (χ1v) is 16.5. The summed E-state index contributed by atoms with van der Waals surface area (Å²) in [6, 6.07) is 0. The molecule has 0 spiro atoms. The second-order valence-electron chi connectivity index (χ2n) is 11.7. The van der Waals surface area contributed by atoms with Gasteiger partial charge in [-0.15, -0.1) is 0 Å². The van der Waals surface area contributed by atoms with E-state index in [0.717, 1.165) is 43.6 Å². The van der Waals surface area contributed by atoms with Crippen LogP contribution in [0.1, 0.15) is 169 Å². The van der Waals surface area contributed by atoms with Crippen LogP contribution in [0.3, 0.4) is 0 Å². The highest BCUT2D eigenvalue weighted by atomic mass is 16.5. The summed E-state index contributed by atoms with van der Waals surface area (Å²) in [6.45, 7) is 12.7. The fourth-order valence-electron chi connectivity index (χ4n) is 5.07. The van der Waals surface area contributed by atoms with Gasteiger partial charge in [0, 0.05) is 13.0 Å². The minimum Gasteiger partial charge on any atom is -0.364 e. The Bertz CT molecular complexity index is 461. The molecule has 3 nitrogen and oxygen atoms in total. The van der Waals surface area contributed by atoms with Gasteiger partial charge in [0.25, 0.3) is 0 Å². The molecule has 0 aliphatic heterocycles. The summed E-state index contributed by atoms with van der Waals surface area (Å²) in [7, 11) is 2.27. The lowest BCUT2D eigenvalue weighted by Gasteiger charge is -2.35. The molecule has 0 N–H and O–H groups in total. The summed E-state index contributed by atoms with van der Waals surface area (Å²) in [5, 5.41) is 0. The Morgan fingerprint density at radius 3 is 1.31 bits per heavy atom. The molecule has 0 saturated heterocycles. The van der Waals surface area contributed by atoms with Crippen molar-refractivity contribution in [2.75, 3.05) is 33.3 Å². The van der Waals surface area contributed by atoms with Crippen molar-refractivity contribution in [2.45, 2.75) is 175 Å². The van der Waals surface area contributed by atoms with Crippen LogP contribution in [0, 0.1) is 0 Å². The van der Waals surface area contributed by atoms with E-state index in [1.807, 2.05) is 0 Å². The van der Waals surface area contributed by atoms with Crippen LogP contribution in [0.25, 0.3) is 0 Å². The standard InChI is InChI=1S/C33H68NO2/c1-6-10-12-14-16-18-19-20-22-24-26-28-30-36-33(31-34(5,8-3)9-4)32(35)29-27-25-23-21-17-15-13-11-7-2/h33H,6-31H2,1-5H3/q+1. The lowest BCUT2D eigenvalue weighted by molar-refractivity contribution is -0.908. The smallest absolute Gasteiger partial charge is 0.167 e. The van der Waals surface area contributed by atoms with Crippen LogP contribution in [-0.4, -0.2) is 49.7 Å². The number of carbonyl (C=O) groups excluding carboxylic acids is 1. The Hall–Kier alpha value is -0.410. The van der Waals surface area contributed by atoms with E-state index in [-0.39, 0.29) is 6.10 Å². The van der Waals surface area contributed by atoms with Crippen molar-refractivity contribution in [1.82, 2.24) is 0 Å². The zero-order valence-corrected chi connectivity index (χ0v) is 25.7. The highest BCUT2D eigenvalue weighted by molar-refractivity contribution is 5.83. The average Bonchev–Trinajstić information content (AvgIpc) is 2.89. The van der Waals surface area contributed by atoms with Gasteiger partial charge in [0.1, 0.15) is 6.54 Å². The van der Waals surface area contributed by atoms with Gasteiger partial charge < -0.3 is 9.22 Å². The van der Waals surface area contributed by atoms with Crippen molar-refractivity contribution >= 4 is 5.78 Å². The van der Waals surface area contributed by atoms with Gasteiger partial charge in [0.2, 0.25) is 0 Å². The van der Waals surface area contributed by atoms with Gasteiger partial charge in [0.15, 0.2) is 11.9 Å². The first-order valence-electron chi connectivity index (χ1n) is 16.5. The van der Waals surface area contributed by atoms with Gasteiger partial charge in [-0.1, -0.05) is 136 Å². The van der Waals surface area contributed by atoms with Crippen LogP contribution in [0.4, 0.5) is 0 Å². The number of hydrogen-bond acceptors (Lipinski definition) is 2. The SMILES string of the molecule is CCCCCCCCCCCCCCOC(C[N+](C)(CC)CC)C(=O)CCCCCCCCCCC. The highest BCUT2D eigenvalue weighted by Crippen LogP contribution is 2.15. The first-order chi connectivity index (χ1) is 17.5. The van der Waals surface area contributed by atoms with E-state index in [1.54, 1.807) is 0 Å². The molecule has 0 aliphatic rings. The van der Waals surface area contributed by atoms with Crippen molar-refractivity contribution in [3.63, 3.8) is 0 Å². The molecule has 3 heteroatoms. The minimum absolute atomic E-state index is 0.211. The number of likely N-dealkylation sites (N-methyl/N-ethyl adjacent to an activating group) is 1. The van der Waals surface area contributed by atoms with Gasteiger partial charge in [-0.3, -0.25) is 4.79 Å². The van der Waals surface area contributed by atoms with Crippen LogP contribution >= 0.6 is 0 Å². The molecule has 216 valence electrons. The molecular weight excluding hydrogens is 442 g/mol. The van der Waals surface area contributed by atoms with Crippen LogP contribution in [-0.2, 0) is 9.53 Å². The Morgan fingerprint density at radius 2 is 0.917 bits per heavy atom. The summed E-state index contributed by atoms with van der Waals surface area (Å²) in [4.78, 5) is 13.1. The Labute approximate surface area is 228 Å². The van der Waals surface area contributed by atoms with Crippen molar-refractivity contribution in [3.8, 4) is 0 Å². The molecule has 0 aromatic rings. The quantitative estimate of drug-likeness (QED) is 0.0739. The Kier molecular flexibility index (Phi) is 25.9. The predicted octanol–water partition coefficient (Wildman–Crippen LogP) is 10.0.